The Morgan fingerprint density at radius 3 is 2.32 bits per heavy atom. The molecule has 2 rings (SSSR count). The monoisotopic (exact) mass is 304 g/mol. The first-order valence-electron chi connectivity index (χ1n) is 8.84. The van der Waals surface area contributed by atoms with Gasteiger partial charge in [-0.15, -0.1) is 0 Å². The molecule has 3 heteroatoms. The second-order valence-corrected chi connectivity index (χ2v) is 6.50. The van der Waals surface area contributed by atoms with Crippen LogP contribution in [0.3, 0.4) is 0 Å². The molecule has 1 fully saturated rings. The zero-order valence-electron chi connectivity index (χ0n) is 14.8. The van der Waals surface area contributed by atoms with Crippen molar-refractivity contribution in [2.24, 2.45) is 0 Å². The van der Waals surface area contributed by atoms with Crippen LogP contribution in [0, 0.1) is 0 Å². The maximum absolute atomic E-state index is 6.10. The van der Waals surface area contributed by atoms with E-state index >= 15 is 0 Å². The van der Waals surface area contributed by atoms with Crippen LogP contribution in [-0.4, -0.2) is 55.7 Å². The minimum absolute atomic E-state index is 0.509. The van der Waals surface area contributed by atoms with E-state index in [1.165, 1.54) is 43.9 Å². The minimum atomic E-state index is 0.509. The van der Waals surface area contributed by atoms with Crippen molar-refractivity contribution in [2.45, 2.75) is 40.0 Å². The van der Waals surface area contributed by atoms with Gasteiger partial charge in [0.1, 0.15) is 12.4 Å². The molecule has 0 radical (unpaired) electrons. The number of piperazine rings is 1. The van der Waals surface area contributed by atoms with E-state index in [0.29, 0.717) is 5.92 Å². The number of ether oxygens (including phenoxy) is 1. The summed E-state index contributed by atoms with van der Waals surface area (Å²) in [7, 11) is 0. The lowest BCUT2D eigenvalue weighted by Gasteiger charge is -2.33. The summed E-state index contributed by atoms with van der Waals surface area (Å²) in [5, 5.41) is 0. The van der Waals surface area contributed by atoms with Crippen LogP contribution >= 0.6 is 0 Å². The van der Waals surface area contributed by atoms with Gasteiger partial charge in [-0.3, -0.25) is 4.90 Å². The second-order valence-electron chi connectivity index (χ2n) is 6.50. The summed E-state index contributed by atoms with van der Waals surface area (Å²) in [5.74, 6) is 1.58. The van der Waals surface area contributed by atoms with Gasteiger partial charge in [-0.05, 0) is 36.1 Å². The van der Waals surface area contributed by atoms with Crippen molar-refractivity contribution in [3.63, 3.8) is 0 Å². The zero-order chi connectivity index (χ0) is 15.9. The first kappa shape index (κ1) is 17.3. The lowest BCUT2D eigenvalue weighted by Crippen LogP contribution is -2.47. The third-order valence-corrected chi connectivity index (χ3v) is 4.68. The number of nitrogens with zero attached hydrogens (tertiary/aromatic N) is 2. The Hall–Kier alpha value is -1.06. The van der Waals surface area contributed by atoms with E-state index in [-0.39, 0.29) is 0 Å². The molecular weight excluding hydrogens is 272 g/mol. The molecule has 1 saturated heterocycles. The van der Waals surface area contributed by atoms with E-state index in [4.69, 9.17) is 4.74 Å². The van der Waals surface area contributed by atoms with Crippen LogP contribution < -0.4 is 4.74 Å². The highest BCUT2D eigenvalue weighted by Crippen LogP contribution is 2.27. The highest BCUT2D eigenvalue weighted by atomic mass is 16.5. The summed E-state index contributed by atoms with van der Waals surface area (Å²) >= 11 is 0. The van der Waals surface area contributed by atoms with Gasteiger partial charge < -0.3 is 9.64 Å². The second kappa shape index (κ2) is 8.54. The van der Waals surface area contributed by atoms with Crippen LogP contribution in [0.5, 0.6) is 5.75 Å². The summed E-state index contributed by atoms with van der Waals surface area (Å²) in [6.45, 7) is 16.6. The van der Waals surface area contributed by atoms with Gasteiger partial charge in [0, 0.05) is 32.7 Å². The normalized spacial score (nSPS) is 17.1. The van der Waals surface area contributed by atoms with Gasteiger partial charge in [-0.2, -0.15) is 0 Å². The molecule has 22 heavy (non-hydrogen) atoms. The van der Waals surface area contributed by atoms with Crippen molar-refractivity contribution in [3.05, 3.63) is 29.3 Å². The molecule has 1 aromatic carbocycles. The van der Waals surface area contributed by atoms with E-state index in [2.05, 4.69) is 55.7 Å². The molecule has 1 aliphatic rings. The van der Waals surface area contributed by atoms with Crippen LogP contribution in [0.1, 0.15) is 44.7 Å². The number of hydrogen-bond donors (Lipinski definition) is 0. The average Bonchev–Trinajstić information content (AvgIpc) is 2.55. The maximum Gasteiger partial charge on any atom is 0.122 e. The van der Waals surface area contributed by atoms with Gasteiger partial charge in [0.2, 0.25) is 0 Å². The van der Waals surface area contributed by atoms with E-state index in [1.807, 2.05) is 0 Å². The summed E-state index contributed by atoms with van der Waals surface area (Å²) in [5.41, 5.74) is 2.74. The first-order valence-corrected chi connectivity index (χ1v) is 8.84. The fraction of sp³-hybridized carbons (Fsp3) is 0.684. The molecule has 1 aliphatic heterocycles. The predicted octanol–water partition coefficient (Wildman–Crippen LogP) is 3.39. The molecule has 0 N–H and O–H groups in total. The molecule has 1 aromatic rings. The SMILES string of the molecule is CCc1ccc(OCCN2CCN(CC)CC2)c(C(C)C)c1. The lowest BCUT2D eigenvalue weighted by atomic mass is 9.99. The van der Waals surface area contributed by atoms with E-state index in [1.54, 1.807) is 0 Å². The Bertz CT molecular complexity index is 451. The van der Waals surface area contributed by atoms with Crippen molar-refractivity contribution >= 4 is 0 Å². The molecule has 0 amide bonds. The molecule has 0 bridgehead atoms. The van der Waals surface area contributed by atoms with Crippen molar-refractivity contribution in [1.82, 2.24) is 9.80 Å². The largest absolute Gasteiger partial charge is 0.492 e. The Morgan fingerprint density at radius 2 is 1.73 bits per heavy atom. The smallest absolute Gasteiger partial charge is 0.122 e. The van der Waals surface area contributed by atoms with Crippen molar-refractivity contribution in [2.75, 3.05) is 45.9 Å². The third kappa shape index (κ3) is 4.72. The van der Waals surface area contributed by atoms with Crippen LogP contribution in [0.15, 0.2) is 18.2 Å². The van der Waals surface area contributed by atoms with E-state index in [0.717, 1.165) is 25.3 Å². The number of benzene rings is 1. The predicted molar refractivity (Wildman–Crippen MR) is 94.0 cm³/mol. The molecule has 0 aliphatic carbocycles. The molecule has 0 saturated carbocycles. The highest BCUT2D eigenvalue weighted by Gasteiger charge is 2.15. The first-order chi connectivity index (χ1) is 10.6. The van der Waals surface area contributed by atoms with Gasteiger partial charge in [-0.25, -0.2) is 0 Å². The Labute approximate surface area is 136 Å². The summed E-state index contributed by atoms with van der Waals surface area (Å²) < 4.78 is 6.10. The molecule has 0 aromatic heterocycles. The van der Waals surface area contributed by atoms with Gasteiger partial charge in [0.15, 0.2) is 0 Å². The molecule has 3 nitrogen and oxygen atoms in total. The maximum atomic E-state index is 6.10. The quantitative estimate of drug-likeness (QED) is 0.768. The summed E-state index contributed by atoms with van der Waals surface area (Å²) in [4.78, 5) is 5.03. The topological polar surface area (TPSA) is 15.7 Å². The molecule has 0 unspecified atom stereocenters. The summed E-state index contributed by atoms with van der Waals surface area (Å²) in [6, 6.07) is 6.66. The van der Waals surface area contributed by atoms with Gasteiger partial charge in [-0.1, -0.05) is 39.8 Å². The van der Waals surface area contributed by atoms with Crippen LogP contribution in [0.25, 0.3) is 0 Å². The Morgan fingerprint density at radius 1 is 1.05 bits per heavy atom. The van der Waals surface area contributed by atoms with E-state index < -0.39 is 0 Å². The molecule has 0 atom stereocenters. The van der Waals surface area contributed by atoms with E-state index in [9.17, 15) is 0 Å². The number of aryl methyl sites for hydroxylation is 1. The molecule has 124 valence electrons. The third-order valence-electron chi connectivity index (χ3n) is 4.68. The lowest BCUT2D eigenvalue weighted by molar-refractivity contribution is 0.120. The zero-order valence-corrected chi connectivity index (χ0v) is 14.8. The number of rotatable bonds is 7. The standard InChI is InChI=1S/C19H32N2O/c1-5-17-7-8-19(18(15-17)16(3)4)22-14-13-21-11-9-20(6-2)10-12-21/h7-8,15-16H,5-6,9-14H2,1-4H3. The van der Waals surface area contributed by atoms with Crippen molar-refractivity contribution < 1.29 is 4.74 Å². The Balaban J connectivity index is 1.84. The van der Waals surface area contributed by atoms with Gasteiger partial charge in [0.25, 0.3) is 0 Å². The van der Waals surface area contributed by atoms with Gasteiger partial charge in [0.05, 0.1) is 0 Å². The van der Waals surface area contributed by atoms with Gasteiger partial charge >= 0.3 is 0 Å². The van der Waals surface area contributed by atoms with Crippen LogP contribution in [-0.2, 0) is 6.42 Å². The minimum Gasteiger partial charge on any atom is -0.492 e. The molecule has 1 heterocycles. The average molecular weight is 304 g/mol. The molecule has 0 spiro atoms. The molecular formula is C19H32N2O. The fourth-order valence-corrected chi connectivity index (χ4v) is 3.01. The number of hydrogen-bond acceptors (Lipinski definition) is 3. The van der Waals surface area contributed by atoms with Crippen LogP contribution in [0.2, 0.25) is 0 Å². The summed E-state index contributed by atoms with van der Waals surface area (Å²) in [6.07, 6.45) is 1.09. The van der Waals surface area contributed by atoms with Crippen LogP contribution in [0.4, 0.5) is 0 Å². The number of likely N-dealkylation sites (N-methyl/N-ethyl adjacent to an activating group) is 1. The highest BCUT2D eigenvalue weighted by molar-refractivity contribution is 5.39. The Kier molecular flexibility index (Phi) is 6.71. The van der Waals surface area contributed by atoms with Crippen molar-refractivity contribution in [1.29, 1.82) is 0 Å². The fourth-order valence-electron chi connectivity index (χ4n) is 3.01. The van der Waals surface area contributed by atoms with Crippen molar-refractivity contribution in [3.8, 4) is 5.75 Å².